The summed E-state index contributed by atoms with van der Waals surface area (Å²) >= 11 is 0. The maximum absolute atomic E-state index is 5.87. The number of hydrogen-bond donors (Lipinski definition) is 1. The number of ether oxygens (including phenoxy) is 1. The van der Waals surface area contributed by atoms with Crippen LogP contribution in [0, 0.1) is 0 Å². The predicted molar refractivity (Wildman–Crippen MR) is 60.7 cm³/mol. The number of nitrogens with zero attached hydrogens (tertiary/aromatic N) is 2. The fourth-order valence-electron chi connectivity index (χ4n) is 1.44. The van der Waals surface area contributed by atoms with E-state index in [1.54, 1.807) is 7.11 Å². The molecule has 0 aliphatic carbocycles. The summed E-state index contributed by atoms with van der Waals surface area (Å²) in [5.41, 5.74) is 6.95. The second-order valence-electron chi connectivity index (χ2n) is 3.82. The van der Waals surface area contributed by atoms with Crippen molar-refractivity contribution in [1.82, 2.24) is 9.55 Å². The number of aromatic nitrogens is 2. The molecule has 2 N–H and O–H groups in total. The molecule has 0 fully saturated rings. The van der Waals surface area contributed by atoms with Crippen molar-refractivity contribution in [2.75, 3.05) is 13.7 Å². The highest BCUT2D eigenvalue weighted by Crippen LogP contribution is 2.02. The lowest BCUT2D eigenvalue weighted by Gasteiger charge is -2.04. The van der Waals surface area contributed by atoms with Gasteiger partial charge in [0, 0.05) is 38.9 Å². The SMILES string of the molecule is CCC(N)Cc1cn(CCCOC)cn1. The van der Waals surface area contributed by atoms with E-state index in [1.807, 2.05) is 6.33 Å². The molecule has 1 rings (SSSR count). The molecule has 0 saturated heterocycles. The predicted octanol–water partition coefficient (Wildman–Crippen LogP) is 1.20. The quantitative estimate of drug-likeness (QED) is 0.689. The Balaban J connectivity index is 2.35. The van der Waals surface area contributed by atoms with Crippen LogP contribution in [0.25, 0.3) is 0 Å². The van der Waals surface area contributed by atoms with E-state index in [4.69, 9.17) is 10.5 Å². The van der Waals surface area contributed by atoms with Gasteiger partial charge in [-0.05, 0) is 12.8 Å². The molecule has 1 atom stereocenters. The van der Waals surface area contributed by atoms with Gasteiger partial charge in [-0.25, -0.2) is 4.98 Å². The van der Waals surface area contributed by atoms with Gasteiger partial charge in [0.1, 0.15) is 0 Å². The van der Waals surface area contributed by atoms with Crippen molar-refractivity contribution in [3.63, 3.8) is 0 Å². The molecule has 4 heteroatoms. The third-order valence-electron chi connectivity index (χ3n) is 2.45. The van der Waals surface area contributed by atoms with E-state index < -0.39 is 0 Å². The van der Waals surface area contributed by atoms with Crippen LogP contribution in [0.15, 0.2) is 12.5 Å². The summed E-state index contributed by atoms with van der Waals surface area (Å²) < 4.78 is 7.09. The summed E-state index contributed by atoms with van der Waals surface area (Å²) in [6.45, 7) is 3.85. The van der Waals surface area contributed by atoms with Gasteiger partial charge in [0.25, 0.3) is 0 Å². The molecule has 1 aromatic rings. The van der Waals surface area contributed by atoms with E-state index in [2.05, 4.69) is 22.7 Å². The minimum Gasteiger partial charge on any atom is -0.385 e. The van der Waals surface area contributed by atoms with E-state index in [0.29, 0.717) is 0 Å². The van der Waals surface area contributed by atoms with Gasteiger partial charge in [-0.15, -0.1) is 0 Å². The third-order valence-corrected chi connectivity index (χ3v) is 2.45. The number of methoxy groups -OCH3 is 1. The Hall–Kier alpha value is -0.870. The second kappa shape index (κ2) is 6.58. The van der Waals surface area contributed by atoms with Crippen molar-refractivity contribution < 1.29 is 4.74 Å². The molecular formula is C11H21N3O. The average molecular weight is 211 g/mol. The minimum absolute atomic E-state index is 0.229. The highest BCUT2D eigenvalue weighted by Gasteiger charge is 2.04. The maximum atomic E-state index is 5.87. The molecule has 0 aliphatic heterocycles. The zero-order chi connectivity index (χ0) is 11.1. The molecule has 0 bridgehead atoms. The van der Waals surface area contributed by atoms with Crippen molar-refractivity contribution in [3.8, 4) is 0 Å². The van der Waals surface area contributed by atoms with Crippen LogP contribution in [0.2, 0.25) is 0 Å². The third kappa shape index (κ3) is 4.44. The first-order valence-corrected chi connectivity index (χ1v) is 5.51. The average Bonchev–Trinajstić information content (AvgIpc) is 2.66. The van der Waals surface area contributed by atoms with Crippen LogP contribution in [-0.2, 0) is 17.7 Å². The Kier molecular flexibility index (Phi) is 5.36. The molecule has 1 aromatic heterocycles. The zero-order valence-electron chi connectivity index (χ0n) is 9.65. The summed E-state index contributed by atoms with van der Waals surface area (Å²) in [7, 11) is 1.72. The van der Waals surface area contributed by atoms with Gasteiger partial charge < -0.3 is 15.0 Å². The van der Waals surface area contributed by atoms with Crippen LogP contribution in [0.1, 0.15) is 25.5 Å². The standard InChI is InChI=1S/C11H21N3O/c1-3-10(12)7-11-8-14(9-13-11)5-4-6-15-2/h8-10H,3-7,12H2,1-2H3. The van der Waals surface area contributed by atoms with E-state index in [0.717, 1.165) is 38.1 Å². The van der Waals surface area contributed by atoms with Crippen molar-refractivity contribution >= 4 is 0 Å². The van der Waals surface area contributed by atoms with Crippen LogP contribution in [0.5, 0.6) is 0 Å². The lowest BCUT2D eigenvalue weighted by atomic mass is 10.1. The highest BCUT2D eigenvalue weighted by atomic mass is 16.5. The Morgan fingerprint density at radius 3 is 3.07 bits per heavy atom. The summed E-state index contributed by atoms with van der Waals surface area (Å²) in [5, 5.41) is 0. The molecule has 4 nitrogen and oxygen atoms in total. The van der Waals surface area contributed by atoms with Gasteiger partial charge in [0.05, 0.1) is 12.0 Å². The fourth-order valence-corrected chi connectivity index (χ4v) is 1.44. The second-order valence-corrected chi connectivity index (χ2v) is 3.82. The fraction of sp³-hybridized carbons (Fsp3) is 0.727. The Morgan fingerprint density at radius 2 is 2.40 bits per heavy atom. The molecule has 0 aromatic carbocycles. The smallest absolute Gasteiger partial charge is 0.0949 e. The first kappa shape index (κ1) is 12.2. The van der Waals surface area contributed by atoms with Crippen LogP contribution in [0.4, 0.5) is 0 Å². The molecule has 0 spiro atoms. The first-order valence-electron chi connectivity index (χ1n) is 5.51. The summed E-state index contributed by atoms with van der Waals surface area (Å²) in [4.78, 5) is 4.33. The highest BCUT2D eigenvalue weighted by molar-refractivity contribution is 4.99. The normalized spacial score (nSPS) is 13.0. The van der Waals surface area contributed by atoms with Crippen molar-refractivity contribution in [1.29, 1.82) is 0 Å². The zero-order valence-corrected chi connectivity index (χ0v) is 9.65. The molecule has 0 aliphatic rings. The number of imidazole rings is 1. The number of rotatable bonds is 7. The Labute approximate surface area is 91.4 Å². The summed E-state index contributed by atoms with van der Waals surface area (Å²) in [5.74, 6) is 0. The minimum atomic E-state index is 0.229. The van der Waals surface area contributed by atoms with Crippen molar-refractivity contribution in [3.05, 3.63) is 18.2 Å². The molecule has 0 radical (unpaired) electrons. The number of aryl methyl sites for hydroxylation is 1. The summed E-state index contributed by atoms with van der Waals surface area (Å²) in [6, 6.07) is 0.229. The van der Waals surface area contributed by atoms with Crippen molar-refractivity contribution in [2.45, 2.75) is 38.8 Å². The van der Waals surface area contributed by atoms with Gasteiger partial charge in [-0.2, -0.15) is 0 Å². The van der Waals surface area contributed by atoms with E-state index in [9.17, 15) is 0 Å². The monoisotopic (exact) mass is 211 g/mol. The largest absolute Gasteiger partial charge is 0.385 e. The van der Waals surface area contributed by atoms with E-state index in [-0.39, 0.29) is 6.04 Å². The van der Waals surface area contributed by atoms with Crippen molar-refractivity contribution in [2.24, 2.45) is 5.73 Å². The lowest BCUT2D eigenvalue weighted by molar-refractivity contribution is 0.190. The lowest BCUT2D eigenvalue weighted by Crippen LogP contribution is -2.21. The molecule has 15 heavy (non-hydrogen) atoms. The summed E-state index contributed by atoms with van der Waals surface area (Å²) in [6.07, 6.45) is 6.83. The number of hydrogen-bond acceptors (Lipinski definition) is 3. The molecule has 1 heterocycles. The van der Waals surface area contributed by atoms with Gasteiger partial charge in [0.2, 0.25) is 0 Å². The maximum Gasteiger partial charge on any atom is 0.0949 e. The Morgan fingerprint density at radius 1 is 1.60 bits per heavy atom. The first-order chi connectivity index (χ1) is 7.26. The molecule has 0 amide bonds. The van der Waals surface area contributed by atoms with Gasteiger partial charge >= 0.3 is 0 Å². The Bertz CT molecular complexity index is 273. The molecule has 0 saturated carbocycles. The van der Waals surface area contributed by atoms with Crippen LogP contribution in [-0.4, -0.2) is 29.3 Å². The van der Waals surface area contributed by atoms with Crippen LogP contribution >= 0.6 is 0 Å². The van der Waals surface area contributed by atoms with E-state index in [1.165, 1.54) is 0 Å². The van der Waals surface area contributed by atoms with Gasteiger partial charge in [-0.1, -0.05) is 6.92 Å². The van der Waals surface area contributed by atoms with Gasteiger partial charge in [0.15, 0.2) is 0 Å². The molecule has 1 unspecified atom stereocenters. The number of nitrogens with two attached hydrogens (primary N) is 1. The molecular weight excluding hydrogens is 190 g/mol. The van der Waals surface area contributed by atoms with Crippen LogP contribution < -0.4 is 5.73 Å². The topological polar surface area (TPSA) is 53.1 Å². The van der Waals surface area contributed by atoms with Gasteiger partial charge in [-0.3, -0.25) is 0 Å². The molecule has 86 valence electrons. The van der Waals surface area contributed by atoms with Crippen LogP contribution in [0.3, 0.4) is 0 Å². The van der Waals surface area contributed by atoms with E-state index >= 15 is 0 Å².